The van der Waals surface area contributed by atoms with E-state index in [1.807, 2.05) is 39.8 Å². The maximum Gasteiger partial charge on any atom is 0.256 e. The minimum absolute atomic E-state index is 0.0206. The molecule has 2 fully saturated rings. The van der Waals surface area contributed by atoms with Crippen molar-refractivity contribution in [1.29, 1.82) is 0 Å². The van der Waals surface area contributed by atoms with Crippen LogP contribution in [-0.4, -0.2) is 52.5 Å². The number of pyridine rings is 1. The molecule has 1 aromatic carbocycles. The van der Waals surface area contributed by atoms with E-state index in [2.05, 4.69) is 4.90 Å². The van der Waals surface area contributed by atoms with Crippen molar-refractivity contribution < 1.29 is 4.79 Å². The summed E-state index contributed by atoms with van der Waals surface area (Å²) in [7, 11) is 0. The Kier molecular flexibility index (Phi) is 5.95. The Balaban J connectivity index is 1.45. The molecule has 5 heteroatoms. The molecular formula is C26H33N3O2. The van der Waals surface area contributed by atoms with E-state index >= 15 is 0 Å². The Morgan fingerprint density at radius 1 is 0.839 bits per heavy atom. The van der Waals surface area contributed by atoms with Crippen molar-refractivity contribution >= 4 is 5.91 Å². The molecule has 1 aliphatic carbocycles. The van der Waals surface area contributed by atoms with E-state index in [1.165, 1.54) is 32.1 Å². The van der Waals surface area contributed by atoms with Crippen LogP contribution in [0.1, 0.15) is 61.0 Å². The van der Waals surface area contributed by atoms with Crippen molar-refractivity contribution in [3.05, 3.63) is 58.0 Å². The Morgan fingerprint density at radius 3 is 2.32 bits per heavy atom. The molecule has 2 aliphatic heterocycles. The second kappa shape index (κ2) is 8.99. The summed E-state index contributed by atoms with van der Waals surface area (Å²) in [5.41, 5.74) is 3.48. The fourth-order valence-corrected chi connectivity index (χ4v) is 5.74. The van der Waals surface area contributed by atoms with E-state index < -0.39 is 0 Å². The monoisotopic (exact) mass is 419 g/mol. The first-order valence-electron chi connectivity index (χ1n) is 12.1. The molecule has 2 aromatic rings. The molecule has 31 heavy (non-hydrogen) atoms. The predicted molar refractivity (Wildman–Crippen MR) is 123 cm³/mol. The average molecular weight is 420 g/mol. The molecule has 5 rings (SSSR count). The zero-order chi connectivity index (χ0) is 21.2. The number of hydrogen-bond donors (Lipinski definition) is 0. The number of carbonyl (C=O) groups is 1. The molecular weight excluding hydrogens is 386 g/mol. The summed E-state index contributed by atoms with van der Waals surface area (Å²) < 4.78 is 1.85. The summed E-state index contributed by atoms with van der Waals surface area (Å²) in [5, 5.41) is 0. The lowest BCUT2D eigenvalue weighted by molar-refractivity contribution is 0.0521. The van der Waals surface area contributed by atoms with E-state index in [9.17, 15) is 9.59 Å². The first kappa shape index (κ1) is 20.5. The van der Waals surface area contributed by atoms with Crippen LogP contribution >= 0.6 is 0 Å². The van der Waals surface area contributed by atoms with Crippen molar-refractivity contribution in [2.75, 3.05) is 26.2 Å². The minimum atomic E-state index is 0.0206. The molecule has 0 unspecified atom stereocenters. The Morgan fingerprint density at radius 2 is 1.58 bits per heavy atom. The van der Waals surface area contributed by atoms with Gasteiger partial charge < -0.3 is 9.47 Å². The van der Waals surface area contributed by atoms with Crippen LogP contribution in [0, 0.1) is 0 Å². The summed E-state index contributed by atoms with van der Waals surface area (Å²) in [6.45, 7) is 4.21. The third kappa shape index (κ3) is 4.08. The number of rotatable bonds is 3. The molecule has 0 radical (unpaired) electrons. The van der Waals surface area contributed by atoms with Crippen molar-refractivity contribution in [2.45, 2.75) is 64.0 Å². The lowest BCUT2D eigenvalue weighted by Crippen LogP contribution is -2.52. The Bertz CT molecular complexity index is 984. The molecule has 0 atom stereocenters. The molecule has 3 heterocycles. The fourth-order valence-electron chi connectivity index (χ4n) is 5.74. The highest BCUT2D eigenvalue weighted by Gasteiger charge is 2.31. The SMILES string of the molecule is O=C(c1c(-c2ccccc2)cc(=O)n2c1CCCC2)N1CCN(C2CCCCC2)CC1. The topological polar surface area (TPSA) is 45.6 Å². The van der Waals surface area contributed by atoms with Gasteiger partial charge in [0.15, 0.2) is 0 Å². The zero-order valence-corrected chi connectivity index (χ0v) is 18.4. The van der Waals surface area contributed by atoms with Gasteiger partial charge in [-0.05, 0) is 37.7 Å². The van der Waals surface area contributed by atoms with Gasteiger partial charge in [0, 0.05) is 56.1 Å². The van der Waals surface area contributed by atoms with Gasteiger partial charge in [0.25, 0.3) is 11.5 Å². The molecule has 1 saturated carbocycles. The molecule has 1 amide bonds. The average Bonchev–Trinajstić information content (AvgIpc) is 2.85. The highest BCUT2D eigenvalue weighted by molar-refractivity contribution is 6.02. The lowest BCUT2D eigenvalue weighted by Gasteiger charge is -2.41. The van der Waals surface area contributed by atoms with Gasteiger partial charge in [-0.1, -0.05) is 49.6 Å². The molecule has 0 bridgehead atoms. The minimum Gasteiger partial charge on any atom is -0.336 e. The zero-order valence-electron chi connectivity index (χ0n) is 18.4. The quantitative estimate of drug-likeness (QED) is 0.757. The predicted octanol–water partition coefficient (Wildman–Crippen LogP) is 3.94. The lowest BCUT2D eigenvalue weighted by atomic mass is 9.93. The first-order valence-corrected chi connectivity index (χ1v) is 12.1. The molecule has 0 N–H and O–H groups in total. The van der Waals surface area contributed by atoms with E-state index in [0.29, 0.717) is 6.04 Å². The Hall–Kier alpha value is -2.40. The van der Waals surface area contributed by atoms with Gasteiger partial charge in [-0.15, -0.1) is 0 Å². The molecule has 1 saturated heterocycles. The summed E-state index contributed by atoms with van der Waals surface area (Å²) in [6, 6.07) is 12.3. The number of carbonyl (C=O) groups excluding carboxylic acids is 1. The summed E-state index contributed by atoms with van der Waals surface area (Å²) in [6.07, 6.45) is 9.51. The van der Waals surface area contributed by atoms with Crippen LogP contribution in [0.25, 0.3) is 11.1 Å². The van der Waals surface area contributed by atoms with Gasteiger partial charge in [0.05, 0.1) is 5.56 Å². The number of benzene rings is 1. The molecule has 0 spiro atoms. The van der Waals surface area contributed by atoms with E-state index in [4.69, 9.17) is 0 Å². The molecule has 5 nitrogen and oxygen atoms in total. The van der Waals surface area contributed by atoms with Crippen molar-refractivity contribution in [3.63, 3.8) is 0 Å². The number of fused-ring (bicyclic) bond motifs is 1. The summed E-state index contributed by atoms with van der Waals surface area (Å²) in [5.74, 6) is 0.104. The number of hydrogen-bond acceptors (Lipinski definition) is 3. The van der Waals surface area contributed by atoms with Crippen LogP contribution < -0.4 is 5.56 Å². The van der Waals surface area contributed by atoms with Gasteiger partial charge in [-0.3, -0.25) is 14.5 Å². The number of aromatic nitrogens is 1. The number of nitrogens with zero attached hydrogens (tertiary/aromatic N) is 3. The summed E-state index contributed by atoms with van der Waals surface area (Å²) >= 11 is 0. The van der Waals surface area contributed by atoms with Crippen LogP contribution in [0.5, 0.6) is 0 Å². The van der Waals surface area contributed by atoms with Crippen molar-refractivity contribution in [3.8, 4) is 11.1 Å². The van der Waals surface area contributed by atoms with Crippen LogP contribution in [0.4, 0.5) is 0 Å². The van der Waals surface area contributed by atoms with Crippen LogP contribution in [0.3, 0.4) is 0 Å². The Labute approximate surface area is 184 Å². The number of piperazine rings is 1. The second-order valence-corrected chi connectivity index (χ2v) is 9.31. The van der Waals surface area contributed by atoms with Crippen molar-refractivity contribution in [1.82, 2.24) is 14.4 Å². The largest absolute Gasteiger partial charge is 0.336 e. The third-order valence-corrected chi connectivity index (χ3v) is 7.45. The smallest absolute Gasteiger partial charge is 0.256 e. The highest BCUT2D eigenvalue weighted by atomic mass is 16.2. The van der Waals surface area contributed by atoms with Gasteiger partial charge in [0.2, 0.25) is 0 Å². The van der Waals surface area contributed by atoms with Crippen LogP contribution in [-0.2, 0) is 13.0 Å². The normalized spacial score (nSPS) is 20.5. The van der Waals surface area contributed by atoms with Gasteiger partial charge in [-0.25, -0.2) is 0 Å². The maximum absolute atomic E-state index is 13.9. The fraction of sp³-hybridized carbons (Fsp3) is 0.538. The molecule has 164 valence electrons. The van der Waals surface area contributed by atoms with E-state index in [-0.39, 0.29) is 11.5 Å². The molecule has 3 aliphatic rings. The van der Waals surface area contributed by atoms with Gasteiger partial charge in [0.1, 0.15) is 0 Å². The second-order valence-electron chi connectivity index (χ2n) is 9.31. The van der Waals surface area contributed by atoms with Gasteiger partial charge >= 0.3 is 0 Å². The van der Waals surface area contributed by atoms with Crippen LogP contribution in [0.15, 0.2) is 41.2 Å². The molecule has 1 aromatic heterocycles. The first-order chi connectivity index (χ1) is 15.2. The van der Waals surface area contributed by atoms with Crippen LogP contribution in [0.2, 0.25) is 0 Å². The van der Waals surface area contributed by atoms with E-state index in [1.54, 1.807) is 6.07 Å². The highest BCUT2D eigenvalue weighted by Crippen LogP contribution is 2.30. The van der Waals surface area contributed by atoms with E-state index in [0.717, 1.165) is 74.4 Å². The van der Waals surface area contributed by atoms with Gasteiger partial charge in [-0.2, -0.15) is 0 Å². The maximum atomic E-state index is 13.9. The third-order valence-electron chi connectivity index (χ3n) is 7.45. The summed E-state index contributed by atoms with van der Waals surface area (Å²) in [4.78, 5) is 31.3. The van der Waals surface area contributed by atoms with Crippen molar-refractivity contribution in [2.24, 2.45) is 0 Å². The number of amides is 1. The standard InChI is InChI=1S/C26H33N3O2/c30-24-19-22(20-9-3-1-4-10-20)25(23-13-7-8-14-29(23)24)26(31)28-17-15-27(16-18-28)21-11-5-2-6-12-21/h1,3-4,9-10,19,21H,2,5-8,11-18H2.